The van der Waals surface area contributed by atoms with Gasteiger partial charge in [0.2, 0.25) is 0 Å². The number of rotatable bonds is 0. The number of aliphatic hydroxyl groups is 1. The quantitative estimate of drug-likeness (QED) is 0.537. The van der Waals surface area contributed by atoms with Crippen molar-refractivity contribution in [2.24, 2.45) is 0 Å². The minimum Gasteiger partial charge on any atom is -0.371 e. The Morgan fingerprint density at radius 1 is 1.70 bits per heavy atom. The van der Waals surface area contributed by atoms with Crippen molar-refractivity contribution < 1.29 is 5.11 Å². The standard InChI is InChI=1S/C6H5Cl2IO/c7-4-3-6(8,10)2-1-5(4)9/h1,3,10H,2H2. The van der Waals surface area contributed by atoms with Gasteiger partial charge >= 0.3 is 0 Å². The molecule has 0 radical (unpaired) electrons. The van der Waals surface area contributed by atoms with Crippen LogP contribution in [-0.2, 0) is 0 Å². The molecule has 1 N–H and O–H groups in total. The zero-order valence-corrected chi connectivity index (χ0v) is 8.61. The van der Waals surface area contributed by atoms with Crippen LogP contribution in [0.15, 0.2) is 20.8 Å². The molecule has 0 amide bonds. The molecule has 0 spiro atoms. The summed E-state index contributed by atoms with van der Waals surface area (Å²) in [6, 6.07) is 0. The van der Waals surface area contributed by atoms with Crippen LogP contribution >= 0.6 is 45.8 Å². The normalized spacial score (nSPS) is 33.2. The smallest absolute Gasteiger partial charge is 0.162 e. The molecular weight excluding hydrogens is 286 g/mol. The Kier molecular flexibility index (Phi) is 2.66. The maximum atomic E-state index is 9.22. The molecule has 10 heavy (non-hydrogen) atoms. The van der Waals surface area contributed by atoms with E-state index in [0.717, 1.165) is 3.58 Å². The summed E-state index contributed by atoms with van der Waals surface area (Å²) < 4.78 is 0.935. The van der Waals surface area contributed by atoms with E-state index in [9.17, 15) is 5.11 Å². The SMILES string of the molecule is OC1(Cl)C=C(Cl)C(I)=CC1. The molecule has 0 saturated carbocycles. The Morgan fingerprint density at radius 2 is 2.30 bits per heavy atom. The monoisotopic (exact) mass is 290 g/mol. The molecule has 1 rings (SSSR count). The van der Waals surface area contributed by atoms with Crippen molar-refractivity contribution in [1.82, 2.24) is 0 Å². The Morgan fingerprint density at radius 3 is 2.70 bits per heavy atom. The van der Waals surface area contributed by atoms with E-state index in [-0.39, 0.29) is 0 Å². The van der Waals surface area contributed by atoms with E-state index in [4.69, 9.17) is 23.2 Å². The summed E-state index contributed by atoms with van der Waals surface area (Å²) in [6.45, 7) is 0. The van der Waals surface area contributed by atoms with Crippen LogP contribution in [0.2, 0.25) is 0 Å². The van der Waals surface area contributed by atoms with E-state index in [1.807, 2.05) is 0 Å². The predicted molar refractivity (Wildman–Crippen MR) is 51.5 cm³/mol. The minimum absolute atomic E-state index is 0.420. The molecule has 0 aliphatic heterocycles. The molecular formula is C6H5Cl2IO. The second kappa shape index (κ2) is 3.01. The summed E-state index contributed by atoms with van der Waals surface area (Å²) in [6.07, 6.45) is 3.66. The lowest BCUT2D eigenvalue weighted by Gasteiger charge is -2.18. The average Bonchev–Trinajstić information content (AvgIpc) is 1.79. The number of allylic oxidation sites excluding steroid dienone is 2. The minimum atomic E-state index is -1.27. The topological polar surface area (TPSA) is 20.2 Å². The fourth-order valence-corrected chi connectivity index (χ4v) is 1.53. The number of halogens is 3. The van der Waals surface area contributed by atoms with Gasteiger partial charge in [0.1, 0.15) is 0 Å². The van der Waals surface area contributed by atoms with Gasteiger partial charge in [0.25, 0.3) is 0 Å². The van der Waals surface area contributed by atoms with E-state index in [0.29, 0.717) is 11.5 Å². The first-order valence-corrected chi connectivity index (χ1v) is 4.50. The predicted octanol–water partition coefficient (Wildman–Crippen LogP) is 2.76. The molecule has 1 unspecified atom stereocenters. The number of hydrogen-bond donors (Lipinski definition) is 1. The van der Waals surface area contributed by atoms with Gasteiger partial charge in [-0.3, -0.25) is 0 Å². The molecule has 0 aromatic carbocycles. The summed E-state index contributed by atoms with van der Waals surface area (Å²) in [4.78, 5) is 0. The van der Waals surface area contributed by atoms with E-state index >= 15 is 0 Å². The van der Waals surface area contributed by atoms with Gasteiger partial charge in [0.05, 0.1) is 5.03 Å². The van der Waals surface area contributed by atoms with Crippen LogP contribution in [0.4, 0.5) is 0 Å². The molecule has 0 aromatic rings. The van der Waals surface area contributed by atoms with Gasteiger partial charge < -0.3 is 5.11 Å². The summed E-state index contributed by atoms with van der Waals surface area (Å²) in [5.74, 6) is 0. The van der Waals surface area contributed by atoms with Crippen LogP contribution in [0.5, 0.6) is 0 Å². The van der Waals surface area contributed by atoms with Crippen molar-refractivity contribution in [1.29, 1.82) is 0 Å². The second-order valence-corrected chi connectivity index (χ2v) is 4.29. The van der Waals surface area contributed by atoms with E-state index in [2.05, 4.69) is 22.6 Å². The van der Waals surface area contributed by atoms with Crippen LogP contribution < -0.4 is 0 Å². The average molecular weight is 291 g/mol. The van der Waals surface area contributed by atoms with Crippen molar-refractivity contribution in [2.75, 3.05) is 0 Å². The summed E-state index contributed by atoms with van der Waals surface area (Å²) in [5.41, 5.74) is 0. The Hall–Kier alpha value is 0.750. The fourth-order valence-electron chi connectivity index (χ4n) is 0.652. The summed E-state index contributed by atoms with van der Waals surface area (Å²) in [7, 11) is 0. The van der Waals surface area contributed by atoms with Gasteiger partial charge in [0, 0.05) is 10.0 Å². The molecule has 1 aliphatic rings. The molecule has 4 heteroatoms. The van der Waals surface area contributed by atoms with Gasteiger partial charge in [-0.2, -0.15) is 0 Å². The van der Waals surface area contributed by atoms with Gasteiger partial charge in [-0.15, -0.1) is 0 Å². The van der Waals surface area contributed by atoms with E-state index in [1.165, 1.54) is 6.08 Å². The Bertz CT molecular complexity index is 208. The van der Waals surface area contributed by atoms with Crippen molar-refractivity contribution in [3.05, 3.63) is 20.8 Å². The van der Waals surface area contributed by atoms with E-state index in [1.54, 1.807) is 6.08 Å². The second-order valence-electron chi connectivity index (χ2n) is 2.07. The summed E-state index contributed by atoms with van der Waals surface area (Å²) in [5, 5.41) is 8.47. The first kappa shape index (κ1) is 8.84. The molecule has 56 valence electrons. The molecule has 0 bridgehead atoms. The molecule has 0 fully saturated rings. The summed E-state index contributed by atoms with van der Waals surface area (Å²) >= 11 is 13.4. The molecule has 1 aliphatic carbocycles. The maximum Gasteiger partial charge on any atom is 0.162 e. The Labute approximate surface area is 82.8 Å². The van der Waals surface area contributed by atoms with Crippen LogP contribution in [0.3, 0.4) is 0 Å². The molecule has 0 aromatic heterocycles. The lowest BCUT2D eigenvalue weighted by atomic mass is 10.1. The molecule has 0 saturated heterocycles. The lowest BCUT2D eigenvalue weighted by Crippen LogP contribution is -2.18. The zero-order chi connectivity index (χ0) is 7.78. The highest BCUT2D eigenvalue weighted by Crippen LogP contribution is 2.34. The highest BCUT2D eigenvalue weighted by atomic mass is 127. The largest absolute Gasteiger partial charge is 0.371 e. The van der Waals surface area contributed by atoms with Gasteiger partial charge in [0.15, 0.2) is 5.06 Å². The molecule has 1 nitrogen and oxygen atoms in total. The van der Waals surface area contributed by atoms with Crippen molar-refractivity contribution in [3.8, 4) is 0 Å². The van der Waals surface area contributed by atoms with Crippen molar-refractivity contribution >= 4 is 45.8 Å². The van der Waals surface area contributed by atoms with Crippen LogP contribution in [0, 0.1) is 0 Å². The third-order valence-electron chi connectivity index (χ3n) is 1.14. The molecule has 0 heterocycles. The third-order valence-corrected chi connectivity index (χ3v) is 3.06. The van der Waals surface area contributed by atoms with Crippen LogP contribution in [-0.4, -0.2) is 10.2 Å². The maximum absolute atomic E-state index is 9.22. The van der Waals surface area contributed by atoms with Crippen LogP contribution in [0.1, 0.15) is 6.42 Å². The highest BCUT2D eigenvalue weighted by molar-refractivity contribution is 14.1. The number of hydrogen-bond acceptors (Lipinski definition) is 1. The molecule has 1 atom stereocenters. The van der Waals surface area contributed by atoms with E-state index < -0.39 is 5.06 Å². The highest BCUT2D eigenvalue weighted by Gasteiger charge is 2.23. The lowest BCUT2D eigenvalue weighted by molar-refractivity contribution is 0.181. The zero-order valence-electron chi connectivity index (χ0n) is 4.94. The fraction of sp³-hybridized carbons (Fsp3) is 0.333. The van der Waals surface area contributed by atoms with Crippen LogP contribution in [0.25, 0.3) is 0 Å². The van der Waals surface area contributed by atoms with Gasteiger partial charge in [-0.1, -0.05) is 29.3 Å². The number of alkyl halides is 1. The van der Waals surface area contributed by atoms with Gasteiger partial charge in [-0.25, -0.2) is 0 Å². The third kappa shape index (κ3) is 2.12. The van der Waals surface area contributed by atoms with Crippen molar-refractivity contribution in [2.45, 2.75) is 11.5 Å². The Balaban J connectivity index is 2.87. The van der Waals surface area contributed by atoms with Gasteiger partial charge in [-0.05, 0) is 28.7 Å². The first-order chi connectivity index (χ1) is 4.51. The first-order valence-electron chi connectivity index (χ1n) is 2.67. The van der Waals surface area contributed by atoms with Crippen molar-refractivity contribution in [3.63, 3.8) is 0 Å².